The van der Waals surface area contributed by atoms with Crippen LogP contribution in [0.25, 0.3) is 0 Å². The zero-order chi connectivity index (χ0) is 12.7. The molecular formula is C14H20FN3. The normalized spacial score (nSPS) is 28.4. The quantitative estimate of drug-likeness (QED) is 0.773. The van der Waals surface area contributed by atoms with Crippen LogP contribution in [0.1, 0.15) is 19.3 Å². The van der Waals surface area contributed by atoms with Gasteiger partial charge in [0.2, 0.25) is 0 Å². The summed E-state index contributed by atoms with van der Waals surface area (Å²) >= 11 is 0. The van der Waals surface area contributed by atoms with E-state index in [1.54, 1.807) is 12.1 Å². The highest BCUT2D eigenvalue weighted by molar-refractivity contribution is 5.67. The van der Waals surface area contributed by atoms with E-state index in [1.165, 1.54) is 18.9 Å². The number of rotatable bonds is 1. The lowest BCUT2D eigenvalue weighted by molar-refractivity contribution is 0.254. The number of nitrogen functional groups attached to an aromatic ring is 1. The van der Waals surface area contributed by atoms with E-state index in [9.17, 15) is 4.39 Å². The Bertz CT molecular complexity index is 449. The monoisotopic (exact) mass is 249 g/mol. The third-order valence-corrected chi connectivity index (χ3v) is 4.48. The third-order valence-electron chi connectivity index (χ3n) is 4.48. The summed E-state index contributed by atoms with van der Waals surface area (Å²) < 4.78 is 13.4. The molecule has 1 aromatic rings. The molecular weight excluding hydrogens is 229 g/mol. The highest BCUT2D eigenvalue weighted by Crippen LogP contribution is 2.32. The molecule has 98 valence electrons. The number of anilines is 2. The Hall–Kier alpha value is -1.29. The summed E-state index contributed by atoms with van der Waals surface area (Å²) in [6.45, 7) is 1.93. The van der Waals surface area contributed by atoms with E-state index in [2.05, 4.69) is 16.8 Å². The van der Waals surface area contributed by atoms with Gasteiger partial charge in [-0.1, -0.05) is 0 Å². The van der Waals surface area contributed by atoms with Gasteiger partial charge in [0.05, 0.1) is 11.4 Å². The first-order valence-electron chi connectivity index (χ1n) is 6.67. The molecule has 2 N–H and O–H groups in total. The minimum Gasteiger partial charge on any atom is -0.397 e. The van der Waals surface area contributed by atoms with Crippen LogP contribution in [0, 0.1) is 5.82 Å². The topological polar surface area (TPSA) is 32.5 Å². The zero-order valence-corrected chi connectivity index (χ0v) is 10.8. The van der Waals surface area contributed by atoms with Crippen LogP contribution in [0.4, 0.5) is 15.8 Å². The van der Waals surface area contributed by atoms with Crippen molar-refractivity contribution in [3.05, 3.63) is 24.0 Å². The Kier molecular flexibility index (Phi) is 2.90. The average molecular weight is 249 g/mol. The Labute approximate surface area is 107 Å². The van der Waals surface area contributed by atoms with Crippen molar-refractivity contribution < 1.29 is 4.39 Å². The summed E-state index contributed by atoms with van der Waals surface area (Å²) in [7, 11) is 2.21. The number of nitrogens with zero attached hydrogens (tertiary/aromatic N) is 2. The van der Waals surface area contributed by atoms with Gasteiger partial charge in [-0.3, -0.25) is 4.90 Å². The van der Waals surface area contributed by atoms with Crippen LogP contribution in [0.5, 0.6) is 0 Å². The summed E-state index contributed by atoms with van der Waals surface area (Å²) in [5, 5.41) is 0. The zero-order valence-electron chi connectivity index (χ0n) is 10.8. The second-order valence-corrected chi connectivity index (χ2v) is 5.49. The first-order chi connectivity index (χ1) is 8.65. The van der Waals surface area contributed by atoms with Gasteiger partial charge in [0.1, 0.15) is 5.82 Å². The van der Waals surface area contributed by atoms with Crippen molar-refractivity contribution in [1.29, 1.82) is 0 Å². The maximum atomic E-state index is 13.4. The molecule has 2 unspecified atom stereocenters. The summed E-state index contributed by atoms with van der Waals surface area (Å²) in [5.74, 6) is -0.207. The van der Waals surface area contributed by atoms with E-state index < -0.39 is 0 Å². The van der Waals surface area contributed by atoms with Crippen molar-refractivity contribution >= 4 is 11.4 Å². The molecule has 0 saturated carbocycles. The summed E-state index contributed by atoms with van der Waals surface area (Å²) in [4.78, 5) is 4.73. The minimum absolute atomic E-state index is 0.207. The van der Waals surface area contributed by atoms with Crippen LogP contribution in [0.2, 0.25) is 0 Å². The van der Waals surface area contributed by atoms with Gasteiger partial charge in [-0.15, -0.1) is 0 Å². The fraction of sp³-hybridized carbons (Fsp3) is 0.571. The Morgan fingerprint density at radius 1 is 1.22 bits per heavy atom. The fourth-order valence-corrected chi connectivity index (χ4v) is 3.32. The van der Waals surface area contributed by atoms with Gasteiger partial charge in [0.15, 0.2) is 0 Å². The lowest BCUT2D eigenvalue weighted by atomic mass is 10.1. The van der Waals surface area contributed by atoms with Gasteiger partial charge in [0.25, 0.3) is 0 Å². The van der Waals surface area contributed by atoms with E-state index in [1.807, 2.05) is 0 Å². The lowest BCUT2D eigenvalue weighted by Crippen LogP contribution is -2.36. The van der Waals surface area contributed by atoms with Crippen molar-refractivity contribution in [3.63, 3.8) is 0 Å². The molecule has 0 radical (unpaired) electrons. The first kappa shape index (κ1) is 11.8. The molecule has 2 aliphatic rings. The highest BCUT2D eigenvalue weighted by Gasteiger charge is 2.34. The molecule has 2 saturated heterocycles. The van der Waals surface area contributed by atoms with Gasteiger partial charge >= 0.3 is 0 Å². The second kappa shape index (κ2) is 4.43. The van der Waals surface area contributed by atoms with Gasteiger partial charge < -0.3 is 10.6 Å². The Morgan fingerprint density at radius 3 is 2.83 bits per heavy atom. The Balaban J connectivity index is 1.87. The molecule has 0 aliphatic carbocycles. The molecule has 0 amide bonds. The number of hydrogen-bond donors (Lipinski definition) is 1. The predicted octanol–water partition coefficient (Wildman–Crippen LogP) is 2.08. The molecule has 2 atom stereocenters. The molecule has 2 bridgehead atoms. The molecule has 0 spiro atoms. The predicted molar refractivity (Wildman–Crippen MR) is 72.2 cm³/mol. The first-order valence-corrected chi connectivity index (χ1v) is 6.67. The van der Waals surface area contributed by atoms with Crippen molar-refractivity contribution in [1.82, 2.24) is 4.90 Å². The molecule has 2 heterocycles. The second-order valence-electron chi connectivity index (χ2n) is 5.49. The molecule has 3 nitrogen and oxygen atoms in total. The Morgan fingerprint density at radius 2 is 2.00 bits per heavy atom. The van der Waals surface area contributed by atoms with Crippen molar-refractivity contribution in [2.75, 3.05) is 30.8 Å². The molecule has 2 fully saturated rings. The number of fused-ring (bicyclic) bond motifs is 2. The van der Waals surface area contributed by atoms with Gasteiger partial charge in [0, 0.05) is 25.2 Å². The van der Waals surface area contributed by atoms with Crippen molar-refractivity contribution in [3.8, 4) is 0 Å². The summed E-state index contributed by atoms with van der Waals surface area (Å²) in [6, 6.07) is 5.93. The van der Waals surface area contributed by atoms with E-state index in [0.717, 1.165) is 25.2 Å². The van der Waals surface area contributed by atoms with E-state index in [-0.39, 0.29) is 5.82 Å². The maximum Gasteiger partial charge on any atom is 0.125 e. The molecule has 3 rings (SSSR count). The molecule has 0 aromatic heterocycles. The van der Waals surface area contributed by atoms with Crippen LogP contribution >= 0.6 is 0 Å². The number of halogens is 1. The fourth-order valence-electron chi connectivity index (χ4n) is 3.32. The van der Waals surface area contributed by atoms with Crippen LogP contribution in [0.15, 0.2) is 18.2 Å². The molecule has 4 heteroatoms. The molecule has 2 aliphatic heterocycles. The number of nitrogens with two attached hydrogens (primary N) is 1. The summed E-state index contributed by atoms with van der Waals surface area (Å²) in [5.41, 5.74) is 7.52. The highest BCUT2D eigenvalue weighted by atomic mass is 19.1. The third kappa shape index (κ3) is 1.94. The van der Waals surface area contributed by atoms with E-state index in [0.29, 0.717) is 17.8 Å². The molecule has 18 heavy (non-hydrogen) atoms. The average Bonchev–Trinajstić information content (AvgIpc) is 2.57. The minimum atomic E-state index is -0.207. The van der Waals surface area contributed by atoms with E-state index in [4.69, 9.17) is 5.73 Å². The SMILES string of the molecule is CN1C2CCC1CN(c1cc(F)ccc1N)CC2. The van der Waals surface area contributed by atoms with Crippen LogP contribution < -0.4 is 10.6 Å². The largest absolute Gasteiger partial charge is 0.397 e. The maximum absolute atomic E-state index is 13.4. The lowest BCUT2D eigenvalue weighted by Gasteiger charge is -2.28. The standard InChI is InChI=1S/C14H20FN3/c1-17-11-3-4-12(17)9-18(7-6-11)14-8-10(15)2-5-13(14)16/h2,5,8,11-12H,3-4,6-7,9,16H2,1H3. The van der Waals surface area contributed by atoms with E-state index >= 15 is 0 Å². The van der Waals surface area contributed by atoms with Gasteiger partial charge in [-0.2, -0.15) is 0 Å². The number of likely N-dealkylation sites (N-methyl/N-ethyl adjacent to an activating group) is 1. The number of hydrogen-bond acceptors (Lipinski definition) is 3. The van der Waals surface area contributed by atoms with Crippen LogP contribution in [-0.4, -0.2) is 37.1 Å². The molecule has 1 aromatic carbocycles. The van der Waals surface area contributed by atoms with Gasteiger partial charge in [-0.25, -0.2) is 4.39 Å². The van der Waals surface area contributed by atoms with Crippen molar-refractivity contribution in [2.24, 2.45) is 0 Å². The van der Waals surface area contributed by atoms with Crippen LogP contribution in [-0.2, 0) is 0 Å². The smallest absolute Gasteiger partial charge is 0.125 e. The summed E-state index contributed by atoms with van der Waals surface area (Å²) in [6.07, 6.45) is 3.68. The van der Waals surface area contributed by atoms with Crippen LogP contribution in [0.3, 0.4) is 0 Å². The number of benzene rings is 1. The van der Waals surface area contributed by atoms with Gasteiger partial charge in [-0.05, 0) is 44.5 Å². The van der Waals surface area contributed by atoms with Crippen molar-refractivity contribution in [2.45, 2.75) is 31.3 Å².